The van der Waals surface area contributed by atoms with E-state index in [0.717, 1.165) is 27.7 Å². The highest BCUT2D eigenvalue weighted by Crippen LogP contribution is 2.14. The largest absolute Gasteiger partial charge is 0.326 e. The van der Waals surface area contributed by atoms with E-state index in [1.807, 2.05) is 56.4 Å². The first-order valence-electron chi connectivity index (χ1n) is 7.37. The molecule has 2 N–H and O–H groups in total. The van der Waals surface area contributed by atoms with Gasteiger partial charge in [-0.2, -0.15) is 0 Å². The Morgan fingerprint density at radius 3 is 2.55 bits per heavy atom. The third-order valence-corrected chi connectivity index (χ3v) is 4.07. The summed E-state index contributed by atoms with van der Waals surface area (Å²) >= 11 is 6.15. The smallest absolute Gasteiger partial charge is 0.279 e. The third kappa shape index (κ3) is 4.58. The number of carbonyl (C=O) groups excluding carboxylic acids is 1. The molecule has 1 amide bonds. The number of benzene rings is 2. The highest BCUT2D eigenvalue weighted by molar-refractivity contribution is 6.31. The number of anilines is 1. The fraction of sp³-hybridized carbons (Fsp3) is 0.278. The minimum absolute atomic E-state index is 0.00723. The molecule has 0 radical (unpaired) electrons. The Morgan fingerprint density at radius 2 is 1.86 bits per heavy atom. The molecule has 0 spiro atoms. The number of carbonyl (C=O) groups is 1. The Balaban J connectivity index is 1.91. The van der Waals surface area contributed by atoms with Crippen LogP contribution in [0.1, 0.15) is 16.7 Å². The van der Waals surface area contributed by atoms with Crippen LogP contribution < -0.4 is 10.2 Å². The van der Waals surface area contributed by atoms with Gasteiger partial charge in [0.05, 0.1) is 7.05 Å². The van der Waals surface area contributed by atoms with Gasteiger partial charge in [-0.3, -0.25) is 4.79 Å². The van der Waals surface area contributed by atoms with E-state index >= 15 is 0 Å². The number of rotatable bonds is 5. The molecule has 0 aliphatic carbocycles. The van der Waals surface area contributed by atoms with Gasteiger partial charge in [-0.1, -0.05) is 35.9 Å². The normalized spacial score (nSPS) is 12.0. The van der Waals surface area contributed by atoms with Crippen molar-refractivity contribution in [3.05, 3.63) is 64.2 Å². The van der Waals surface area contributed by atoms with E-state index in [4.69, 9.17) is 11.6 Å². The van der Waals surface area contributed by atoms with Gasteiger partial charge in [0.25, 0.3) is 5.91 Å². The van der Waals surface area contributed by atoms with Gasteiger partial charge in [-0.15, -0.1) is 0 Å². The lowest BCUT2D eigenvalue weighted by Crippen LogP contribution is -3.08. The summed E-state index contributed by atoms with van der Waals surface area (Å²) in [7, 11) is 1.99. The Bertz CT molecular complexity index is 670. The molecule has 0 saturated heterocycles. The average Bonchev–Trinajstić information content (AvgIpc) is 2.45. The van der Waals surface area contributed by atoms with Gasteiger partial charge in [-0.05, 0) is 43.2 Å². The summed E-state index contributed by atoms with van der Waals surface area (Å²) in [6.07, 6.45) is 0. The van der Waals surface area contributed by atoms with Crippen molar-refractivity contribution in [1.82, 2.24) is 0 Å². The monoisotopic (exact) mass is 317 g/mol. The van der Waals surface area contributed by atoms with E-state index in [0.29, 0.717) is 6.54 Å². The van der Waals surface area contributed by atoms with Gasteiger partial charge in [0.1, 0.15) is 6.54 Å². The van der Waals surface area contributed by atoms with Gasteiger partial charge < -0.3 is 10.2 Å². The molecule has 1 unspecified atom stereocenters. The zero-order chi connectivity index (χ0) is 16.1. The number of quaternary nitrogens is 1. The van der Waals surface area contributed by atoms with Crippen molar-refractivity contribution in [2.24, 2.45) is 0 Å². The number of hydrogen-bond acceptors (Lipinski definition) is 1. The van der Waals surface area contributed by atoms with Gasteiger partial charge in [0.15, 0.2) is 6.54 Å². The maximum absolute atomic E-state index is 12.1. The molecule has 2 aromatic carbocycles. The van der Waals surface area contributed by atoms with Crippen LogP contribution in [0.2, 0.25) is 5.02 Å². The lowest BCUT2D eigenvalue weighted by molar-refractivity contribution is -0.885. The van der Waals surface area contributed by atoms with E-state index in [-0.39, 0.29) is 5.91 Å². The van der Waals surface area contributed by atoms with Crippen LogP contribution in [-0.2, 0) is 11.3 Å². The van der Waals surface area contributed by atoms with Crippen LogP contribution in [0, 0.1) is 13.8 Å². The topological polar surface area (TPSA) is 33.5 Å². The van der Waals surface area contributed by atoms with Crippen molar-refractivity contribution in [3.8, 4) is 0 Å². The molecule has 4 heteroatoms. The third-order valence-electron chi connectivity index (χ3n) is 3.70. The van der Waals surface area contributed by atoms with Crippen LogP contribution in [0.25, 0.3) is 0 Å². The predicted molar refractivity (Wildman–Crippen MR) is 91.5 cm³/mol. The number of nitrogens with one attached hydrogen (secondary N) is 2. The molecule has 0 aliphatic heterocycles. The minimum atomic E-state index is 0.00723. The molecule has 0 fully saturated rings. The van der Waals surface area contributed by atoms with E-state index in [1.165, 1.54) is 11.1 Å². The zero-order valence-electron chi connectivity index (χ0n) is 13.2. The van der Waals surface area contributed by atoms with Crippen molar-refractivity contribution < 1.29 is 9.69 Å². The summed E-state index contributed by atoms with van der Waals surface area (Å²) < 4.78 is 0. The van der Waals surface area contributed by atoms with E-state index in [2.05, 4.69) is 12.2 Å². The number of hydrogen-bond donors (Lipinski definition) is 2. The molecule has 2 rings (SSSR count). The molecule has 0 heterocycles. The maximum atomic E-state index is 12.1. The number of amides is 1. The summed E-state index contributed by atoms with van der Waals surface area (Å²) in [5, 5.41) is 3.70. The van der Waals surface area contributed by atoms with Gasteiger partial charge in [0.2, 0.25) is 0 Å². The van der Waals surface area contributed by atoms with E-state index < -0.39 is 0 Å². The van der Waals surface area contributed by atoms with Gasteiger partial charge in [0, 0.05) is 16.3 Å². The van der Waals surface area contributed by atoms with Crippen molar-refractivity contribution in [2.45, 2.75) is 20.4 Å². The summed E-state index contributed by atoms with van der Waals surface area (Å²) in [6, 6.07) is 13.7. The summed E-state index contributed by atoms with van der Waals surface area (Å²) in [5.41, 5.74) is 4.30. The molecule has 0 aromatic heterocycles. The maximum Gasteiger partial charge on any atom is 0.279 e. The van der Waals surface area contributed by atoms with Crippen molar-refractivity contribution in [1.29, 1.82) is 0 Å². The van der Waals surface area contributed by atoms with Gasteiger partial charge in [-0.25, -0.2) is 0 Å². The first kappa shape index (κ1) is 16.5. The lowest BCUT2D eigenvalue weighted by atomic mass is 10.1. The molecule has 3 nitrogen and oxygen atoms in total. The van der Waals surface area contributed by atoms with Gasteiger partial charge >= 0.3 is 0 Å². The second-order valence-corrected chi connectivity index (χ2v) is 6.16. The second-order valence-electron chi connectivity index (χ2n) is 5.75. The van der Waals surface area contributed by atoms with Crippen LogP contribution in [0.3, 0.4) is 0 Å². The molecule has 1 atom stereocenters. The number of likely N-dealkylation sites (N-methyl/N-ethyl adjacent to an activating group) is 1. The van der Waals surface area contributed by atoms with Crippen molar-refractivity contribution in [3.63, 3.8) is 0 Å². The highest BCUT2D eigenvalue weighted by Gasteiger charge is 2.12. The second kappa shape index (κ2) is 7.43. The van der Waals surface area contributed by atoms with Crippen LogP contribution in [-0.4, -0.2) is 19.5 Å². The standard InChI is InChI=1S/C18H21ClN2O/c1-13-8-9-16(10-14(13)2)20-18(22)12-21(3)11-15-6-4-5-7-17(15)19/h4-10H,11-12H2,1-3H3,(H,20,22)/p+1. The van der Waals surface area contributed by atoms with Crippen molar-refractivity contribution in [2.75, 3.05) is 18.9 Å². The molecular formula is C18H22ClN2O+. The van der Waals surface area contributed by atoms with Crippen LogP contribution in [0.5, 0.6) is 0 Å². The molecule has 0 saturated carbocycles. The van der Waals surface area contributed by atoms with Crippen LogP contribution >= 0.6 is 11.6 Å². The summed E-state index contributed by atoms with van der Waals surface area (Å²) in [4.78, 5) is 13.2. The molecule has 2 aromatic rings. The first-order valence-corrected chi connectivity index (χ1v) is 7.75. The summed E-state index contributed by atoms with van der Waals surface area (Å²) in [5.74, 6) is 0.00723. The number of aryl methyl sites for hydroxylation is 2. The average molecular weight is 318 g/mol. The fourth-order valence-corrected chi connectivity index (χ4v) is 2.53. The molecule has 0 bridgehead atoms. The van der Waals surface area contributed by atoms with Crippen LogP contribution in [0.15, 0.2) is 42.5 Å². The predicted octanol–water partition coefficient (Wildman–Crippen LogP) is 2.61. The number of halogens is 1. The molecule has 0 aliphatic rings. The zero-order valence-corrected chi connectivity index (χ0v) is 14.0. The van der Waals surface area contributed by atoms with E-state index in [1.54, 1.807) is 0 Å². The Hall–Kier alpha value is -1.84. The van der Waals surface area contributed by atoms with E-state index in [9.17, 15) is 4.79 Å². The summed E-state index contributed by atoms with van der Waals surface area (Å²) in [6.45, 7) is 5.22. The van der Waals surface area contributed by atoms with Crippen LogP contribution in [0.4, 0.5) is 5.69 Å². The Labute approximate surface area is 136 Å². The highest BCUT2D eigenvalue weighted by atomic mass is 35.5. The molecular weight excluding hydrogens is 296 g/mol. The minimum Gasteiger partial charge on any atom is -0.326 e. The quantitative estimate of drug-likeness (QED) is 0.873. The Morgan fingerprint density at radius 1 is 1.14 bits per heavy atom. The fourth-order valence-electron chi connectivity index (χ4n) is 2.33. The Kier molecular flexibility index (Phi) is 5.58. The lowest BCUT2D eigenvalue weighted by Gasteiger charge is -2.15. The van der Waals surface area contributed by atoms with Crippen molar-refractivity contribution >= 4 is 23.2 Å². The molecule has 22 heavy (non-hydrogen) atoms. The molecule has 116 valence electrons. The SMILES string of the molecule is Cc1ccc(NC(=O)C[NH+](C)Cc2ccccc2Cl)cc1C. The first-order chi connectivity index (χ1) is 10.5.